The summed E-state index contributed by atoms with van der Waals surface area (Å²) in [6, 6.07) is 12.0. The van der Waals surface area contributed by atoms with E-state index >= 15 is 0 Å². The van der Waals surface area contributed by atoms with E-state index in [0.717, 1.165) is 43.6 Å². The topological polar surface area (TPSA) is 26.7 Å². The minimum absolute atomic E-state index is 0.00899. The molecule has 24 heavy (non-hydrogen) atoms. The standard InChI is InChI=1S/C19H23FN2OS/c1-21(24-2)19-17(23)13-16-15(18(19)20)9-6-11-22(16)12-10-14-7-4-3-5-8-14/h3-5,7-8,13,23H,6,9-12H2,1-2H3. The van der Waals surface area contributed by atoms with Gasteiger partial charge in [-0.2, -0.15) is 0 Å². The van der Waals surface area contributed by atoms with Crippen molar-refractivity contribution in [2.45, 2.75) is 19.3 Å². The van der Waals surface area contributed by atoms with Gasteiger partial charge in [0.1, 0.15) is 11.4 Å². The fourth-order valence-corrected chi connectivity index (χ4v) is 3.63. The minimum atomic E-state index is -0.286. The molecule has 0 saturated carbocycles. The summed E-state index contributed by atoms with van der Waals surface area (Å²) in [4.78, 5) is 2.19. The molecule has 3 rings (SSSR count). The number of halogens is 1. The Hall–Kier alpha value is -1.88. The van der Waals surface area contributed by atoms with Crippen molar-refractivity contribution < 1.29 is 9.50 Å². The third-order valence-corrected chi connectivity index (χ3v) is 5.33. The zero-order valence-corrected chi connectivity index (χ0v) is 14.9. The Labute approximate surface area is 147 Å². The summed E-state index contributed by atoms with van der Waals surface area (Å²) in [5, 5.41) is 10.3. The Morgan fingerprint density at radius 2 is 2.04 bits per heavy atom. The van der Waals surface area contributed by atoms with Gasteiger partial charge in [0.25, 0.3) is 0 Å². The van der Waals surface area contributed by atoms with E-state index in [2.05, 4.69) is 17.0 Å². The largest absolute Gasteiger partial charge is 0.506 e. The van der Waals surface area contributed by atoms with Crippen LogP contribution < -0.4 is 9.21 Å². The smallest absolute Gasteiger partial charge is 0.156 e. The number of hydrogen-bond acceptors (Lipinski definition) is 4. The van der Waals surface area contributed by atoms with Gasteiger partial charge in [0.15, 0.2) is 5.82 Å². The van der Waals surface area contributed by atoms with Crippen molar-refractivity contribution in [1.29, 1.82) is 0 Å². The molecule has 128 valence electrons. The van der Waals surface area contributed by atoms with E-state index < -0.39 is 0 Å². The van der Waals surface area contributed by atoms with Gasteiger partial charge in [-0.1, -0.05) is 42.3 Å². The maximum Gasteiger partial charge on any atom is 0.156 e. The van der Waals surface area contributed by atoms with Crippen LogP contribution >= 0.6 is 11.9 Å². The molecule has 5 heteroatoms. The number of rotatable bonds is 5. The molecule has 1 aliphatic heterocycles. The van der Waals surface area contributed by atoms with Gasteiger partial charge in [-0.3, -0.25) is 0 Å². The lowest BCUT2D eigenvalue weighted by Crippen LogP contribution is -2.32. The zero-order chi connectivity index (χ0) is 17.1. The van der Waals surface area contributed by atoms with Crippen LogP contribution in [0.3, 0.4) is 0 Å². The molecule has 1 aliphatic rings. The Morgan fingerprint density at radius 1 is 1.29 bits per heavy atom. The first-order valence-electron chi connectivity index (χ1n) is 8.23. The first kappa shape index (κ1) is 17.0. The fraction of sp³-hybridized carbons (Fsp3) is 0.368. The molecule has 3 nitrogen and oxygen atoms in total. The minimum Gasteiger partial charge on any atom is -0.506 e. The molecule has 0 radical (unpaired) electrons. The van der Waals surface area contributed by atoms with Crippen molar-refractivity contribution >= 4 is 23.3 Å². The Bertz CT molecular complexity index is 708. The molecule has 1 heterocycles. The van der Waals surface area contributed by atoms with Gasteiger partial charge < -0.3 is 14.3 Å². The van der Waals surface area contributed by atoms with Crippen LogP contribution in [0, 0.1) is 5.82 Å². The first-order valence-corrected chi connectivity index (χ1v) is 9.41. The number of aromatic hydroxyl groups is 1. The third kappa shape index (κ3) is 3.31. The number of phenolic OH excluding ortho intramolecular Hbond substituents is 1. The van der Waals surface area contributed by atoms with Gasteiger partial charge in [-0.15, -0.1) is 0 Å². The monoisotopic (exact) mass is 346 g/mol. The highest BCUT2D eigenvalue weighted by atomic mass is 32.2. The third-order valence-electron chi connectivity index (χ3n) is 4.60. The molecule has 0 amide bonds. The quantitative estimate of drug-likeness (QED) is 0.819. The van der Waals surface area contributed by atoms with Crippen molar-refractivity contribution in [3.8, 4) is 5.75 Å². The average Bonchev–Trinajstić information content (AvgIpc) is 2.60. The highest BCUT2D eigenvalue weighted by molar-refractivity contribution is 7.99. The summed E-state index contributed by atoms with van der Waals surface area (Å²) < 4.78 is 16.6. The molecular formula is C19H23FN2OS. The lowest BCUT2D eigenvalue weighted by atomic mass is 9.99. The molecule has 0 aliphatic carbocycles. The molecule has 0 aromatic heterocycles. The number of benzene rings is 2. The Kier molecular flexibility index (Phi) is 5.19. The second-order valence-corrected chi connectivity index (χ2v) is 6.98. The lowest BCUT2D eigenvalue weighted by molar-refractivity contribution is 0.468. The normalized spacial score (nSPS) is 13.7. The molecule has 0 atom stereocenters. The van der Waals surface area contributed by atoms with E-state index in [1.807, 2.05) is 24.5 Å². The predicted molar refractivity (Wildman–Crippen MR) is 101 cm³/mol. The van der Waals surface area contributed by atoms with Gasteiger partial charge >= 0.3 is 0 Å². The highest BCUT2D eigenvalue weighted by Crippen LogP contribution is 2.42. The summed E-state index contributed by atoms with van der Waals surface area (Å²) in [6.07, 6.45) is 4.43. The van der Waals surface area contributed by atoms with E-state index in [-0.39, 0.29) is 17.3 Å². The van der Waals surface area contributed by atoms with Crippen LogP contribution in [0.25, 0.3) is 0 Å². The van der Waals surface area contributed by atoms with Crippen molar-refractivity contribution in [2.24, 2.45) is 0 Å². The van der Waals surface area contributed by atoms with Gasteiger partial charge in [0, 0.05) is 43.7 Å². The van der Waals surface area contributed by atoms with Crippen LogP contribution in [0.4, 0.5) is 15.8 Å². The predicted octanol–water partition coefficient (Wildman–Crippen LogP) is 4.24. The molecule has 0 unspecified atom stereocenters. The van der Waals surface area contributed by atoms with Crippen LogP contribution in [0.5, 0.6) is 5.75 Å². The van der Waals surface area contributed by atoms with Crippen molar-refractivity contribution in [1.82, 2.24) is 0 Å². The van der Waals surface area contributed by atoms with Crippen LogP contribution in [0.2, 0.25) is 0 Å². The summed E-state index contributed by atoms with van der Waals surface area (Å²) in [6.45, 7) is 1.73. The number of anilines is 2. The van der Waals surface area contributed by atoms with Crippen molar-refractivity contribution in [2.75, 3.05) is 35.6 Å². The fourth-order valence-electron chi connectivity index (χ4n) is 3.27. The molecule has 2 aromatic rings. The van der Waals surface area contributed by atoms with Gasteiger partial charge in [-0.05, 0) is 24.8 Å². The molecule has 0 spiro atoms. The average molecular weight is 346 g/mol. The van der Waals surface area contributed by atoms with Gasteiger partial charge in [-0.25, -0.2) is 4.39 Å². The zero-order valence-electron chi connectivity index (χ0n) is 14.1. The first-order chi connectivity index (χ1) is 11.6. The molecular weight excluding hydrogens is 323 g/mol. The summed E-state index contributed by atoms with van der Waals surface area (Å²) in [5.41, 5.74) is 3.12. The second kappa shape index (κ2) is 7.34. The number of fused-ring (bicyclic) bond motifs is 1. The van der Waals surface area contributed by atoms with Crippen LogP contribution in [0.15, 0.2) is 36.4 Å². The van der Waals surface area contributed by atoms with Crippen LogP contribution in [-0.4, -0.2) is 31.5 Å². The molecule has 0 saturated heterocycles. The molecule has 0 bridgehead atoms. The Morgan fingerprint density at radius 3 is 2.75 bits per heavy atom. The van der Waals surface area contributed by atoms with E-state index in [4.69, 9.17) is 0 Å². The van der Waals surface area contributed by atoms with Crippen LogP contribution in [-0.2, 0) is 12.8 Å². The van der Waals surface area contributed by atoms with Gasteiger partial charge in [0.05, 0.1) is 0 Å². The van der Waals surface area contributed by atoms with Gasteiger partial charge in [0.2, 0.25) is 0 Å². The maximum absolute atomic E-state index is 14.9. The van der Waals surface area contributed by atoms with E-state index in [9.17, 15) is 9.50 Å². The second-order valence-electron chi connectivity index (χ2n) is 6.06. The molecule has 2 aromatic carbocycles. The highest BCUT2D eigenvalue weighted by Gasteiger charge is 2.26. The molecule has 1 N–H and O–H groups in total. The molecule has 0 fully saturated rings. The maximum atomic E-state index is 14.9. The lowest BCUT2D eigenvalue weighted by Gasteiger charge is -2.33. The number of phenols is 1. The number of nitrogens with zero attached hydrogens (tertiary/aromatic N) is 2. The summed E-state index contributed by atoms with van der Waals surface area (Å²) in [7, 11) is 1.77. The van der Waals surface area contributed by atoms with Crippen LogP contribution in [0.1, 0.15) is 17.5 Å². The van der Waals surface area contributed by atoms with E-state index in [1.165, 1.54) is 17.5 Å². The van der Waals surface area contributed by atoms with Crippen molar-refractivity contribution in [3.63, 3.8) is 0 Å². The Balaban J connectivity index is 1.87. The summed E-state index contributed by atoms with van der Waals surface area (Å²) in [5.74, 6) is -0.277. The van der Waals surface area contributed by atoms with Crippen molar-refractivity contribution in [3.05, 3.63) is 53.3 Å². The van der Waals surface area contributed by atoms with E-state index in [1.54, 1.807) is 17.4 Å². The SMILES string of the molecule is CSN(C)c1c(O)cc2c(c1F)CCCN2CCc1ccccc1. The van der Waals surface area contributed by atoms with E-state index in [0.29, 0.717) is 0 Å². The number of hydrogen-bond donors (Lipinski definition) is 1. The summed E-state index contributed by atoms with van der Waals surface area (Å²) >= 11 is 1.38.